The Morgan fingerprint density at radius 2 is 2.15 bits per heavy atom. The van der Waals surface area contributed by atoms with Crippen LogP contribution in [0.2, 0.25) is 0 Å². The number of likely N-dealkylation sites (tertiary alicyclic amines) is 1. The second-order valence-corrected chi connectivity index (χ2v) is 9.38. The van der Waals surface area contributed by atoms with Crippen LogP contribution >= 0.6 is 11.3 Å². The molecular weight excluding hydrogens is 432 g/mol. The van der Waals surface area contributed by atoms with Crippen LogP contribution < -0.4 is 5.32 Å². The molecule has 1 saturated heterocycles. The van der Waals surface area contributed by atoms with Crippen LogP contribution in [0.25, 0.3) is 37.6 Å². The summed E-state index contributed by atoms with van der Waals surface area (Å²) in [4.78, 5) is 29.9. The number of carbonyl (C=O) groups is 1. The first-order valence-electron chi connectivity index (χ1n) is 11.4. The number of fused-ring (bicyclic) bond motifs is 2. The van der Waals surface area contributed by atoms with E-state index < -0.39 is 0 Å². The van der Waals surface area contributed by atoms with Crippen LogP contribution in [-0.4, -0.2) is 50.9 Å². The molecule has 7 nitrogen and oxygen atoms in total. The van der Waals surface area contributed by atoms with Crippen LogP contribution in [0, 0.1) is 12.8 Å². The highest BCUT2D eigenvalue weighted by atomic mass is 32.1. The fraction of sp³-hybridized carbons (Fsp3) is 0.360. The zero-order valence-electron chi connectivity index (χ0n) is 19.6. The van der Waals surface area contributed by atoms with Gasteiger partial charge in [0.1, 0.15) is 5.52 Å². The standard InChI is InChI=1S/C20H21N5S.C5H9NO/c1-4-6-14(21-5-2)13-10-23-20-18(13)25-16(11-24-20)17-9-15-19(26-17)12(3)7-8-22-15;1-5-2-6(3-5)4-7/h6-11,21H,4-5H2,1-3H3,(H,23,24);4-5H,2-3H2,1H3/b14-6+;. The Kier molecular flexibility index (Phi) is 7.03. The van der Waals surface area contributed by atoms with E-state index in [1.807, 2.05) is 24.7 Å². The van der Waals surface area contributed by atoms with Gasteiger partial charge in [-0.1, -0.05) is 19.9 Å². The lowest BCUT2D eigenvalue weighted by atomic mass is 10.1. The Bertz CT molecular complexity index is 1280. The molecule has 0 unspecified atom stereocenters. The Hall–Kier alpha value is -3.26. The summed E-state index contributed by atoms with van der Waals surface area (Å²) < 4.78 is 1.21. The van der Waals surface area contributed by atoms with Crippen molar-refractivity contribution in [2.24, 2.45) is 5.92 Å². The van der Waals surface area contributed by atoms with E-state index in [-0.39, 0.29) is 0 Å². The predicted octanol–water partition coefficient (Wildman–Crippen LogP) is 5.00. The number of nitrogens with one attached hydrogen (secondary N) is 2. The number of carbonyl (C=O) groups excluding carboxylic acids is 1. The van der Waals surface area contributed by atoms with Crippen LogP contribution in [0.3, 0.4) is 0 Å². The largest absolute Gasteiger partial charge is 0.385 e. The van der Waals surface area contributed by atoms with Crippen molar-refractivity contribution in [3.63, 3.8) is 0 Å². The van der Waals surface area contributed by atoms with E-state index in [9.17, 15) is 4.79 Å². The van der Waals surface area contributed by atoms with Crippen LogP contribution in [0.5, 0.6) is 0 Å². The molecule has 4 aromatic heterocycles. The van der Waals surface area contributed by atoms with Crippen LogP contribution in [0.4, 0.5) is 0 Å². The highest BCUT2D eigenvalue weighted by Crippen LogP contribution is 2.34. The summed E-state index contributed by atoms with van der Waals surface area (Å²) in [5.74, 6) is 0.741. The highest BCUT2D eigenvalue weighted by Gasteiger charge is 2.19. The molecule has 4 aromatic rings. The van der Waals surface area contributed by atoms with Gasteiger partial charge in [-0.05, 0) is 43.9 Å². The number of hydrogen-bond acceptors (Lipinski definition) is 6. The highest BCUT2D eigenvalue weighted by molar-refractivity contribution is 7.22. The molecule has 2 N–H and O–H groups in total. The number of allylic oxidation sites excluding steroid dienone is 1. The van der Waals surface area contributed by atoms with Gasteiger partial charge in [0.2, 0.25) is 6.41 Å². The molecule has 33 heavy (non-hydrogen) atoms. The number of amides is 1. The number of rotatable bonds is 6. The molecule has 0 spiro atoms. The molecule has 172 valence electrons. The summed E-state index contributed by atoms with van der Waals surface area (Å²) in [5.41, 5.74) is 7.00. The summed E-state index contributed by atoms with van der Waals surface area (Å²) in [6, 6.07) is 4.14. The number of nitrogens with zero attached hydrogens (tertiary/aromatic N) is 4. The van der Waals surface area contributed by atoms with Gasteiger partial charge in [0.05, 0.1) is 27.0 Å². The minimum atomic E-state index is 0.741. The molecular formula is C25H30N6OS. The van der Waals surface area contributed by atoms with Crippen molar-refractivity contribution in [1.29, 1.82) is 0 Å². The lowest BCUT2D eigenvalue weighted by Crippen LogP contribution is -2.43. The summed E-state index contributed by atoms with van der Waals surface area (Å²) in [6.07, 6.45) is 9.72. The van der Waals surface area contributed by atoms with E-state index in [1.54, 1.807) is 16.2 Å². The summed E-state index contributed by atoms with van der Waals surface area (Å²) in [7, 11) is 0. The molecule has 0 atom stereocenters. The van der Waals surface area contributed by atoms with Crippen molar-refractivity contribution in [2.75, 3.05) is 19.6 Å². The van der Waals surface area contributed by atoms with Gasteiger partial charge < -0.3 is 15.2 Å². The van der Waals surface area contributed by atoms with E-state index in [1.165, 1.54) is 10.3 Å². The number of pyridine rings is 1. The van der Waals surface area contributed by atoms with Gasteiger partial charge in [-0.3, -0.25) is 9.78 Å². The number of aromatic nitrogens is 4. The van der Waals surface area contributed by atoms with Gasteiger partial charge in [0, 0.05) is 43.3 Å². The normalized spacial score (nSPS) is 14.2. The molecule has 1 aliphatic heterocycles. The third kappa shape index (κ3) is 4.90. The molecule has 0 radical (unpaired) electrons. The van der Waals surface area contributed by atoms with Crippen LogP contribution in [0.15, 0.2) is 36.8 Å². The predicted molar refractivity (Wildman–Crippen MR) is 136 cm³/mol. The molecule has 0 saturated carbocycles. The molecule has 0 bridgehead atoms. The molecule has 5 rings (SSSR count). The second kappa shape index (κ2) is 10.1. The fourth-order valence-corrected chi connectivity index (χ4v) is 4.95. The lowest BCUT2D eigenvalue weighted by Gasteiger charge is -2.33. The summed E-state index contributed by atoms with van der Waals surface area (Å²) in [6.45, 7) is 11.3. The zero-order chi connectivity index (χ0) is 23.4. The third-order valence-electron chi connectivity index (χ3n) is 5.55. The Labute approximate surface area is 198 Å². The molecule has 8 heteroatoms. The average Bonchev–Trinajstić information content (AvgIpc) is 3.42. The van der Waals surface area contributed by atoms with Crippen molar-refractivity contribution in [3.05, 3.63) is 47.9 Å². The monoisotopic (exact) mass is 462 g/mol. The van der Waals surface area contributed by atoms with Gasteiger partial charge in [-0.15, -0.1) is 11.3 Å². The number of thiophene rings is 1. The van der Waals surface area contributed by atoms with Gasteiger partial charge in [0.15, 0.2) is 5.65 Å². The fourth-order valence-electron chi connectivity index (χ4n) is 3.91. The van der Waals surface area contributed by atoms with Gasteiger partial charge >= 0.3 is 0 Å². The lowest BCUT2D eigenvalue weighted by molar-refractivity contribution is -0.123. The maximum atomic E-state index is 9.86. The third-order valence-corrected chi connectivity index (χ3v) is 6.83. The van der Waals surface area contributed by atoms with Crippen molar-refractivity contribution in [1.82, 2.24) is 30.2 Å². The molecule has 1 aliphatic rings. The van der Waals surface area contributed by atoms with Crippen LogP contribution in [0.1, 0.15) is 38.3 Å². The summed E-state index contributed by atoms with van der Waals surface area (Å²) in [5, 5.41) is 3.43. The topological polar surface area (TPSA) is 86.8 Å². The van der Waals surface area contributed by atoms with E-state index in [0.29, 0.717) is 0 Å². The van der Waals surface area contributed by atoms with E-state index >= 15 is 0 Å². The van der Waals surface area contributed by atoms with E-state index in [0.717, 1.165) is 76.9 Å². The van der Waals surface area contributed by atoms with E-state index in [2.05, 4.69) is 60.1 Å². The van der Waals surface area contributed by atoms with Crippen molar-refractivity contribution < 1.29 is 4.79 Å². The quantitative estimate of drug-likeness (QED) is 0.394. The minimum absolute atomic E-state index is 0.741. The smallest absolute Gasteiger partial charge is 0.209 e. The molecule has 5 heterocycles. The number of H-pyrrole nitrogens is 1. The van der Waals surface area contributed by atoms with Gasteiger partial charge in [-0.25, -0.2) is 9.97 Å². The molecule has 0 aliphatic carbocycles. The van der Waals surface area contributed by atoms with Crippen LogP contribution in [-0.2, 0) is 4.79 Å². The van der Waals surface area contributed by atoms with E-state index in [4.69, 9.17) is 4.98 Å². The number of aromatic amines is 1. The maximum absolute atomic E-state index is 9.86. The van der Waals surface area contributed by atoms with Gasteiger partial charge in [0.25, 0.3) is 0 Å². The first kappa shape index (κ1) is 22.9. The number of aryl methyl sites for hydroxylation is 1. The minimum Gasteiger partial charge on any atom is -0.385 e. The Balaban J connectivity index is 0.000000318. The average molecular weight is 463 g/mol. The van der Waals surface area contributed by atoms with Crippen molar-refractivity contribution >= 4 is 44.8 Å². The zero-order valence-corrected chi connectivity index (χ0v) is 20.4. The molecule has 0 aromatic carbocycles. The van der Waals surface area contributed by atoms with Gasteiger partial charge in [-0.2, -0.15) is 0 Å². The second-order valence-electron chi connectivity index (χ2n) is 8.33. The Morgan fingerprint density at radius 1 is 1.33 bits per heavy atom. The summed E-state index contributed by atoms with van der Waals surface area (Å²) >= 11 is 1.72. The first-order chi connectivity index (χ1) is 16.0. The number of hydrogen-bond donors (Lipinski definition) is 2. The molecule has 1 fully saturated rings. The first-order valence-corrected chi connectivity index (χ1v) is 12.2. The van der Waals surface area contributed by atoms with Crippen molar-refractivity contribution in [2.45, 2.75) is 34.1 Å². The molecule has 1 amide bonds. The SMILES string of the molecule is CC/C=C(/NCC)c1c[nH]c2ncc(-c3cc4nccc(C)c4s3)nc12.CC1CN(C=O)C1. The Morgan fingerprint density at radius 3 is 2.79 bits per heavy atom. The van der Waals surface area contributed by atoms with Crippen molar-refractivity contribution in [3.8, 4) is 10.6 Å². The maximum Gasteiger partial charge on any atom is 0.209 e.